The number of nitrogens with zero attached hydrogens (tertiary/aromatic N) is 2. The summed E-state index contributed by atoms with van der Waals surface area (Å²) in [7, 11) is 0. The van der Waals surface area contributed by atoms with Crippen LogP contribution in [0.4, 0.5) is 0 Å². The zero-order valence-electron chi connectivity index (χ0n) is 23.9. The Morgan fingerprint density at radius 3 is 1.73 bits per heavy atom. The molecule has 0 fully saturated rings. The number of fused-ring (bicyclic) bond motifs is 6. The van der Waals surface area contributed by atoms with Crippen LogP contribution in [0.1, 0.15) is 0 Å². The Morgan fingerprint density at radius 2 is 0.909 bits per heavy atom. The molecule has 0 radical (unpaired) electrons. The number of para-hydroxylation sites is 1. The molecule has 0 N–H and O–H groups in total. The van der Waals surface area contributed by atoms with Crippen LogP contribution < -0.4 is 0 Å². The van der Waals surface area contributed by atoms with Gasteiger partial charge in [0.2, 0.25) is 0 Å². The van der Waals surface area contributed by atoms with Gasteiger partial charge >= 0.3 is 0 Å². The predicted octanol–water partition coefficient (Wildman–Crippen LogP) is 11.2. The highest BCUT2D eigenvalue weighted by molar-refractivity contribution is 6.16. The van der Waals surface area contributed by atoms with Crippen molar-refractivity contribution in [1.82, 2.24) is 9.97 Å². The van der Waals surface area contributed by atoms with Crippen molar-refractivity contribution in [2.24, 2.45) is 0 Å². The summed E-state index contributed by atoms with van der Waals surface area (Å²) in [6.07, 6.45) is 0. The number of pyridine rings is 2. The summed E-state index contributed by atoms with van der Waals surface area (Å²) in [6.45, 7) is 0. The standard InChI is InChI=1S/C42H26N2/c1-2-9-28(10-3-1)40-36-12-6-7-13-39(36)44-42-37(40)22-20-29-21-23-38(43-41(29)42)35-19-18-33-25-32(16-17-34(33)26-35)31-15-14-27-8-4-5-11-30(27)24-31/h1-26H. The van der Waals surface area contributed by atoms with Gasteiger partial charge < -0.3 is 0 Å². The summed E-state index contributed by atoms with van der Waals surface area (Å²) >= 11 is 0. The maximum absolute atomic E-state index is 5.25. The lowest BCUT2D eigenvalue weighted by atomic mass is 9.95. The molecule has 0 unspecified atom stereocenters. The Bertz CT molecular complexity index is 2550. The van der Waals surface area contributed by atoms with E-state index in [1.165, 1.54) is 43.8 Å². The molecule has 2 heterocycles. The van der Waals surface area contributed by atoms with Crippen LogP contribution in [0.3, 0.4) is 0 Å². The molecule has 0 aliphatic rings. The van der Waals surface area contributed by atoms with E-state index in [1.54, 1.807) is 0 Å². The van der Waals surface area contributed by atoms with Crippen LogP contribution in [0, 0.1) is 0 Å². The molecule has 0 aliphatic heterocycles. The average Bonchev–Trinajstić information content (AvgIpc) is 3.10. The number of hydrogen-bond donors (Lipinski definition) is 0. The van der Waals surface area contributed by atoms with Gasteiger partial charge in [-0.2, -0.15) is 0 Å². The zero-order valence-corrected chi connectivity index (χ0v) is 23.9. The number of rotatable bonds is 3. The van der Waals surface area contributed by atoms with Crippen molar-refractivity contribution < 1.29 is 0 Å². The van der Waals surface area contributed by atoms with Gasteiger partial charge in [-0.15, -0.1) is 0 Å². The molecule has 0 aliphatic carbocycles. The third-order valence-electron chi connectivity index (χ3n) is 8.79. The largest absolute Gasteiger partial charge is 0.245 e. The second-order valence-corrected chi connectivity index (χ2v) is 11.4. The van der Waals surface area contributed by atoms with E-state index < -0.39 is 0 Å². The van der Waals surface area contributed by atoms with Crippen LogP contribution in [0.15, 0.2) is 158 Å². The highest BCUT2D eigenvalue weighted by Gasteiger charge is 2.15. The maximum Gasteiger partial charge on any atom is 0.0978 e. The Hall–Kier alpha value is -5.86. The van der Waals surface area contributed by atoms with Crippen molar-refractivity contribution in [3.8, 4) is 33.5 Å². The minimum atomic E-state index is 0.926. The van der Waals surface area contributed by atoms with E-state index in [4.69, 9.17) is 9.97 Å². The van der Waals surface area contributed by atoms with Gasteiger partial charge in [0.1, 0.15) is 0 Å². The van der Waals surface area contributed by atoms with Crippen molar-refractivity contribution in [3.05, 3.63) is 158 Å². The minimum Gasteiger partial charge on any atom is -0.245 e. The van der Waals surface area contributed by atoms with Gasteiger partial charge in [0.25, 0.3) is 0 Å². The summed E-state index contributed by atoms with van der Waals surface area (Å²) in [4.78, 5) is 10.4. The lowest BCUT2D eigenvalue weighted by molar-refractivity contribution is 1.39. The van der Waals surface area contributed by atoms with Crippen molar-refractivity contribution in [2.75, 3.05) is 0 Å². The van der Waals surface area contributed by atoms with E-state index in [1.807, 2.05) is 0 Å². The number of aromatic nitrogens is 2. The summed E-state index contributed by atoms with van der Waals surface area (Å²) in [5.41, 5.74) is 9.72. The van der Waals surface area contributed by atoms with E-state index in [0.717, 1.165) is 44.0 Å². The van der Waals surface area contributed by atoms with Gasteiger partial charge in [-0.1, -0.05) is 127 Å². The first-order chi connectivity index (χ1) is 21.8. The normalized spacial score (nSPS) is 11.6. The summed E-state index contributed by atoms with van der Waals surface area (Å²) in [5.74, 6) is 0. The van der Waals surface area contributed by atoms with Crippen LogP contribution in [0.2, 0.25) is 0 Å². The van der Waals surface area contributed by atoms with Crippen LogP contribution in [-0.4, -0.2) is 9.97 Å². The quantitative estimate of drug-likeness (QED) is 0.159. The van der Waals surface area contributed by atoms with Gasteiger partial charge in [0.05, 0.1) is 22.2 Å². The molecular formula is C42H26N2. The van der Waals surface area contributed by atoms with E-state index in [2.05, 4.69) is 158 Å². The van der Waals surface area contributed by atoms with E-state index in [0.29, 0.717) is 0 Å². The molecular weight excluding hydrogens is 532 g/mol. The molecule has 9 aromatic rings. The van der Waals surface area contributed by atoms with Crippen molar-refractivity contribution in [3.63, 3.8) is 0 Å². The second kappa shape index (κ2) is 9.86. The van der Waals surface area contributed by atoms with E-state index >= 15 is 0 Å². The lowest BCUT2D eigenvalue weighted by Crippen LogP contribution is -1.93. The van der Waals surface area contributed by atoms with E-state index in [9.17, 15) is 0 Å². The molecule has 0 spiro atoms. The molecule has 0 bridgehead atoms. The first-order valence-electron chi connectivity index (χ1n) is 15.0. The van der Waals surface area contributed by atoms with Crippen molar-refractivity contribution >= 4 is 54.3 Å². The smallest absolute Gasteiger partial charge is 0.0978 e. The summed E-state index contributed by atoms with van der Waals surface area (Å²) in [6, 6.07) is 56.2. The molecule has 0 saturated carbocycles. The first-order valence-corrected chi connectivity index (χ1v) is 15.0. The Labute approximate surface area is 254 Å². The monoisotopic (exact) mass is 558 g/mol. The predicted molar refractivity (Wildman–Crippen MR) is 186 cm³/mol. The van der Waals surface area contributed by atoms with Gasteiger partial charge in [-0.25, -0.2) is 9.97 Å². The van der Waals surface area contributed by atoms with Gasteiger partial charge in [0, 0.05) is 27.3 Å². The zero-order chi connectivity index (χ0) is 29.0. The SMILES string of the molecule is c1ccc(-c2c3ccccc3nc3c2ccc2ccc(-c4ccc5cc(-c6ccc7ccccc7c6)ccc5c4)nc23)cc1. The molecule has 0 amide bonds. The van der Waals surface area contributed by atoms with Crippen LogP contribution in [0.25, 0.3) is 87.8 Å². The average molecular weight is 559 g/mol. The van der Waals surface area contributed by atoms with Crippen LogP contribution in [-0.2, 0) is 0 Å². The fraction of sp³-hybridized carbons (Fsp3) is 0. The maximum atomic E-state index is 5.25. The molecule has 0 atom stereocenters. The Balaban J connectivity index is 1.18. The van der Waals surface area contributed by atoms with Crippen molar-refractivity contribution in [1.29, 1.82) is 0 Å². The molecule has 9 rings (SSSR count). The summed E-state index contributed by atoms with van der Waals surface area (Å²) in [5, 5.41) is 8.29. The molecule has 2 heteroatoms. The third-order valence-corrected chi connectivity index (χ3v) is 8.79. The molecule has 7 aromatic carbocycles. The molecule has 0 saturated heterocycles. The highest BCUT2D eigenvalue weighted by Crippen LogP contribution is 2.38. The Kier molecular flexibility index (Phi) is 5.54. The van der Waals surface area contributed by atoms with Crippen LogP contribution in [0.5, 0.6) is 0 Å². The molecule has 2 nitrogen and oxygen atoms in total. The lowest BCUT2D eigenvalue weighted by Gasteiger charge is -2.13. The van der Waals surface area contributed by atoms with E-state index in [-0.39, 0.29) is 0 Å². The van der Waals surface area contributed by atoms with Gasteiger partial charge in [0.15, 0.2) is 0 Å². The molecule has 44 heavy (non-hydrogen) atoms. The topological polar surface area (TPSA) is 25.8 Å². The third kappa shape index (κ3) is 4.04. The molecule has 204 valence electrons. The number of hydrogen-bond acceptors (Lipinski definition) is 2. The van der Waals surface area contributed by atoms with Gasteiger partial charge in [-0.05, 0) is 68.6 Å². The Morgan fingerprint density at radius 1 is 0.318 bits per heavy atom. The fourth-order valence-electron chi connectivity index (χ4n) is 6.57. The van der Waals surface area contributed by atoms with Gasteiger partial charge in [-0.3, -0.25) is 0 Å². The van der Waals surface area contributed by atoms with Crippen LogP contribution >= 0.6 is 0 Å². The fourth-order valence-corrected chi connectivity index (χ4v) is 6.57. The van der Waals surface area contributed by atoms with Crippen molar-refractivity contribution in [2.45, 2.75) is 0 Å². The summed E-state index contributed by atoms with van der Waals surface area (Å²) < 4.78 is 0. The highest BCUT2D eigenvalue weighted by atomic mass is 14.8. The number of benzene rings is 7. The second-order valence-electron chi connectivity index (χ2n) is 11.4. The molecule has 2 aromatic heterocycles. The minimum absolute atomic E-state index is 0.926. The first kappa shape index (κ1) is 24.7.